The molecule has 1 aromatic rings. The monoisotopic (exact) mass is 236 g/mol. The van der Waals surface area contributed by atoms with Crippen LogP contribution in [0.25, 0.3) is 0 Å². The highest BCUT2D eigenvalue weighted by Gasteiger charge is 2.28. The lowest BCUT2D eigenvalue weighted by molar-refractivity contribution is -0.0183. The fourth-order valence-corrected chi connectivity index (χ4v) is 2.43. The molecule has 0 bridgehead atoms. The second kappa shape index (κ2) is 4.55. The molecule has 4 N–H and O–H groups in total. The van der Waals surface area contributed by atoms with Crippen molar-refractivity contribution in [1.82, 2.24) is 4.90 Å². The molecule has 1 unspecified atom stereocenters. The van der Waals surface area contributed by atoms with Gasteiger partial charge in [-0.2, -0.15) is 0 Å². The van der Waals surface area contributed by atoms with Crippen LogP contribution in [0.2, 0.25) is 0 Å². The van der Waals surface area contributed by atoms with Gasteiger partial charge in [0.1, 0.15) is 5.75 Å². The van der Waals surface area contributed by atoms with E-state index in [1.807, 2.05) is 6.92 Å². The van der Waals surface area contributed by atoms with Crippen LogP contribution in [0.5, 0.6) is 5.75 Å². The van der Waals surface area contributed by atoms with Crippen LogP contribution in [0.1, 0.15) is 25.3 Å². The minimum atomic E-state index is -0.617. The SMILES string of the molecule is CC1(O)CCCN(Cc2cc(N)ccc2O)C1. The minimum Gasteiger partial charge on any atom is -0.508 e. The Morgan fingerprint density at radius 1 is 1.47 bits per heavy atom. The molecule has 0 spiro atoms. The summed E-state index contributed by atoms with van der Waals surface area (Å²) in [5, 5.41) is 19.8. The van der Waals surface area contributed by atoms with Gasteiger partial charge in [0.2, 0.25) is 0 Å². The third-order valence-electron chi connectivity index (χ3n) is 3.25. The molecule has 1 aromatic carbocycles. The Labute approximate surface area is 102 Å². The summed E-state index contributed by atoms with van der Waals surface area (Å²) in [6.45, 7) is 4.08. The van der Waals surface area contributed by atoms with Gasteiger partial charge >= 0.3 is 0 Å². The standard InChI is InChI=1S/C13H20N2O2/c1-13(17)5-2-6-15(9-13)8-10-7-11(14)3-4-12(10)16/h3-4,7,16-17H,2,5-6,8-9,14H2,1H3. The Kier molecular flexibility index (Phi) is 3.26. The summed E-state index contributed by atoms with van der Waals surface area (Å²) < 4.78 is 0. The van der Waals surface area contributed by atoms with E-state index in [0.717, 1.165) is 24.9 Å². The fraction of sp³-hybridized carbons (Fsp3) is 0.538. The summed E-state index contributed by atoms with van der Waals surface area (Å²) in [5.74, 6) is 0.268. The largest absolute Gasteiger partial charge is 0.508 e. The van der Waals surface area contributed by atoms with Crippen molar-refractivity contribution in [3.63, 3.8) is 0 Å². The summed E-state index contributed by atoms with van der Waals surface area (Å²) in [6.07, 6.45) is 1.82. The zero-order valence-corrected chi connectivity index (χ0v) is 10.2. The van der Waals surface area contributed by atoms with Gasteiger partial charge < -0.3 is 15.9 Å². The number of phenolic OH excluding ortho intramolecular Hbond substituents is 1. The second-order valence-corrected chi connectivity index (χ2v) is 5.20. The number of piperidine rings is 1. The highest BCUT2D eigenvalue weighted by molar-refractivity contribution is 5.47. The number of β-amino-alcohol motifs (C(OH)–C–C–N with tert-alkyl or cyclic N) is 1. The molecule has 94 valence electrons. The number of anilines is 1. The van der Waals surface area contributed by atoms with E-state index in [-0.39, 0.29) is 5.75 Å². The summed E-state index contributed by atoms with van der Waals surface area (Å²) in [5.41, 5.74) is 6.57. The molecule has 0 amide bonds. The molecule has 0 radical (unpaired) electrons. The van der Waals surface area contributed by atoms with Crippen LogP contribution in [0.4, 0.5) is 5.69 Å². The van der Waals surface area contributed by atoms with Crippen molar-refractivity contribution in [2.45, 2.75) is 31.9 Å². The lowest BCUT2D eigenvalue weighted by atomic mass is 9.95. The first kappa shape index (κ1) is 12.2. The molecule has 1 heterocycles. The normalized spacial score (nSPS) is 26.0. The first-order valence-electron chi connectivity index (χ1n) is 5.98. The summed E-state index contributed by atoms with van der Waals surface area (Å²) in [6, 6.07) is 5.09. The van der Waals surface area contributed by atoms with Gasteiger partial charge in [0.05, 0.1) is 5.60 Å². The van der Waals surface area contributed by atoms with Crippen LogP contribution in [0.3, 0.4) is 0 Å². The van der Waals surface area contributed by atoms with Crippen molar-refractivity contribution in [2.75, 3.05) is 18.8 Å². The number of benzene rings is 1. The van der Waals surface area contributed by atoms with Crippen LogP contribution in [-0.2, 0) is 6.54 Å². The van der Waals surface area contributed by atoms with Crippen molar-refractivity contribution in [3.05, 3.63) is 23.8 Å². The molecule has 4 heteroatoms. The number of phenols is 1. The number of hydrogen-bond acceptors (Lipinski definition) is 4. The first-order valence-corrected chi connectivity index (χ1v) is 5.98. The van der Waals surface area contributed by atoms with E-state index < -0.39 is 5.60 Å². The second-order valence-electron chi connectivity index (χ2n) is 5.20. The Balaban J connectivity index is 2.07. The Hall–Kier alpha value is -1.26. The van der Waals surface area contributed by atoms with Crippen LogP contribution in [-0.4, -0.2) is 33.8 Å². The predicted molar refractivity (Wildman–Crippen MR) is 67.7 cm³/mol. The van der Waals surface area contributed by atoms with E-state index in [1.54, 1.807) is 18.2 Å². The smallest absolute Gasteiger partial charge is 0.120 e. The molecule has 17 heavy (non-hydrogen) atoms. The molecule has 0 aromatic heterocycles. The van der Waals surface area contributed by atoms with Crippen molar-refractivity contribution in [1.29, 1.82) is 0 Å². The quantitative estimate of drug-likeness (QED) is 0.535. The average Bonchev–Trinajstić information content (AvgIpc) is 2.22. The lowest BCUT2D eigenvalue weighted by Gasteiger charge is -2.36. The maximum absolute atomic E-state index is 10.0. The minimum absolute atomic E-state index is 0.268. The summed E-state index contributed by atoms with van der Waals surface area (Å²) in [7, 11) is 0. The van der Waals surface area contributed by atoms with Gasteiger partial charge in [0.25, 0.3) is 0 Å². The predicted octanol–water partition coefficient (Wildman–Crippen LogP) is 1.32. The molecule has 1 saturated heterocycles. The van der Waals surface area contributed by atoms with E-state index in [4.69, 9.17) is 5.73 Å². The summed E-state index contributed by atoms with van der Waals surface area (Å²) in [4.78, 5) is 2.15. The molecule has 1 atom stereocenters. The third-order valence-corrected chi connectivity index (χ3v) is 3.25. The Morgan fingerprint density at radius 3 is 2.94 bits per heavy atom. The molecule has 2 rings (SSSR count). The zero-order chi connectivity index (χ0) is 12.5. The number of nitrogen functional groups attached to an aromatic ring is 1. The van der Waals surface area contributed by atoms with E-state index >= 15 is 0 Å². The van der Waals surface area contributed by atoms with E-state index in [0.29, 0.717) is 18.8 Å². The number of likely N-dealkylation sites (tertiary alicyclic amines) is 1. The highest BCUT2D eigenvalue weighted by atomic mass is 16.3. The number of aliphatic hydroxyl groups is 1. The molecular formula is C13H20N2O2. The van der Waals surface area contributed by atoms with Crippen molar-refractivity contribution in [3.8, 4) is 5.75 Å². The molecule has 4 nitrogen and oxygen atoms in total. The van der Waals surface area contributed by atoms with Gasteiger partial charge in [-0.1, -0.05) is 0 Å². The third kappa shape index (κ3) is 3.11. The Morgan fingerprint density at radius 2 is 2.24 bits per heavy atom. The fourth-order valence-electron chi connectivity index (χ4n) is 2.43. The van der Waals surface area contributed by atoms with Crippen LogP contribution >= 0.6 is 0 Å². The maximum atomic E-state index is 10.0. The van der Waals surface area contributed by atoms with E-state index in [1.165, 1.54) is 0 Å². The summed E-state index contributed by atoms with van der Waals surface area (Å²) >= 11 is 0. The molecule has 0 saturated carbocycles. The molecule has 1 aliphatic heterocycles. The lowest BCUT2D eigenvalue weighted by Crippen LogP contribution is -2.45. The van der Waals surface area contributed by atoms with Crippen LogP contribution < -0.4 is 5.73 Å². The van der Waals surface area contributed by atoms with E-state index in [2.05, 4.69) is 4.90 Å². The zero-order valence-electron chi connectivity index (χ0n) is 10.2. The van der Waals surface area contributed by atoms with Crippen molar-refractivity contribution >= 4 is 5.69 Å². The van der Waals surface area contributed by atoms with Gasteiger partial charge in [-0.25, -0.2) is 0 Å². The van der Waals surface area contributed by atoms with Gasteiger partial charge in [-0.15, -0.1) is 0 Å². The average molecular weight is 236 g/mol. The number of rotatable bonds is 2. The first-order chi connectivity index (χ1) is 7.96. The Bertz CT molecular complexity index is 404. The van der Waals surface area contributed by atoms with Crippen molar-refractivity contribution < 1.29 is 10.2 Å². The van der Waals surface area contributed by atoms with Gasteiger partial charge in [0, 0.05) is 24.3 Å². The molecule has 1 fully saturated rings. The number of aromatic hydroxyl groups is 1. The van der Waals surface area contributed by atoms with E-state index in [9.17, 15) is 10.2 Å². The van der Waals surface area contributed by atoms with Gasteiger partial charge in [0.15, 0.2) is 0 Å². The van der Waals surface area contributed by atoms with Gasteiger partial charge in [-0.3, -0.25) is 4.90 Å². The molecular weight excluding hydrogens is 216 g/mol. The van der Waals surface area contributed by atoms with Crippen LogP contribution in [0, 0.1) is 0 Å². The number of hydrogen-bond donors (Lipinski definition) is 3. The maximum Gasteiger partial charge on any atom is 0.120 e. The molecule has 1 aliphatic rings. The number of nitrogens with zero attached hydrogens (tertiary/aromatic N) is 1. The highest BCUT2D eigenvalue weighted by Crippen LogP contribution is 2.25. The topological polar surface area (TPSA) is 69.7 Å². The number of nitrogens with two attached hydrogens (primary N) is 1. The van der Waals surface area contributed by atoms with Crippen molar-refractivity contribution in [2.24, 2.45) is 0 Å². The molecule has 0 aliphatic carbocycles. The van der Waals surface area contributed by atoms with Crippen LogP contribution in [0.15, 0.2) is 18.2 Å². The van der Waals surface area contributed by atoms with Gasteiger partial charge in [-0.05, 0) is 44.5 Å².